The molecule has 0 saturated carbocycles. The first-order valence-corrected chi connectivity index (χ1v) is 12.4. The van der Waals surface area contributed by atoms with Crippen LogP contribution in [0.25, 0.3) is 0 Å². The fourth-order valence-corrected chi connectivity index (χ4v) is 5.86. The van der Waals surface area contributed by atoms with E-state index >= 15 is 0 Å². The summed E-state index contributed by atoms with van der Waals surface area (Å²) < 4.78 is 30.6. The zero-order chi connectivity index (χ0) is 23.6. The molecule has 1 aromatic heterocycles. The number of sulfonamides is 1. The third-order valence-electron chi connectivity index (χ3n) is 5.15. The van der Waals surface area contributed by atoms with Crippen LogP contribution in [0.3, 0.4) is 0 Å². The molecule has 170 valence electrons. The van der Waals surface area contributed by atoms with Gasteiger partial charge >= 0.3 is 5.97 Å². The summed E-state index contributed by atoms with van der Waals surface area (Å²) in [5.41, 5.74) is 1.27. The average Bonchev–Trinajstić information content (AvgIpc) is 3.07. The van der Waals surface area contributed by atoms with Crippen LogP contribution in [0.1, 0.15) is 39.7 Å². The molecule has 3 rings (SSSR count). The van der Waals surface area contributed by atoms with E-state index in [9.17, 15) is 23.3 Å². The average molecular weight is 496 g/mol. The van der Waals surface area contributed by atoms with E-state index in [0.29, 0.717) is 16.5 Å². The minimum absolute atomic E-state index is 0.0000622. The molecule has 1 atom stereocenters. The highest BCUT2D eigenvalue weighted by Gasteiger charge is 2.25. The fourth-order valence-electron chi connectivity index (χ4n) is 3.36. The number of amides is 1. The number of hydrogen-bond acceptors (Lipinski definition) is 7. The molecule has 0 unspecified atom stereocenters. The molecule has 1 heterocycles. The van der Waals surface area contributed by atoms with Crippen LogP contribution in [-0.4, -0.2) is 45.3 Å². The predicted molar refractivity (Wildman–Crippen MR) is 121 cm³/mol. The number of ether oxygens (including phenoxy) is 1. The van der Waals surface area contributed by atoms with E-state index in [-0.39, 0.29) is 15.5 Å². The van der Waals surface area contributed by atoms with Crippen molar-refractivity contribution in [3.8, 4) is 6.07 Å². The molecule has 8 nitrogen and oxygen atoms in total. The molecular weight excluding hydrogens is 474 g/mol. The first kappa shape index (κ1) is 24.2. The lowest BCUT2D eigenvalue weighted by molar-refractivity contribution is -0.119. The van der Waals surface area contributed by atoms with Crippen LogP contribution in [0.4, 0.5) is 5.00 Å². The number of anilines is 1. The smallest absolute Gasteiger partial charge is 0.340 e. The van der Waals surface area contributed by atoms with Crippen LogP contribution in [-0.2, 0) is 32.4 Å². The number of nitriles is 1. The van der Waals surface area contributed by atoms with Gasteiger partial charge in [-0.05, 0) is 48.9 Å². The largest absolute Gasteiger partial charge is 0.452 e. The van der Waals surface area contributed by atoms with Crippen molar-refractivity contribution in [3.63, 3.8) is 0 Å². The number of halogens is 1. The van der Waals surface area contributed by atoms with E-state index in [0.717, 1.165) is 40.1 Å². The van der Waals surface area contributed by atoms with Gasteiger partial charge in [0.2, 0.25) is 10.0 Å². The predicted octanol–water partition coefficient (Wildman–Crippen LogP) is 3.44. The Morgan fingerprint density at radius 1 is 1.38 bits per heavy atom. The number of esters is 1. The lowest BCUT2D eigenvalue weighted by Gasteiger charge is -2.17. The monoisotopic (exact) mass is 495 g/mol. The first-order chi connectivity index (χ1) is 15.0. The van der Waals surface area contributed by atoms with E-state index in [4.69, 9.17) is 16.3 Å². The molecule has 0 saturated heterocycles. The fraction of sp³-hybridized carbons (Fsp3) is 0.381. The lowest BCUT2D eigenvalue weighted by Crippen LogP contribution is -2.23. The number of rotatable bonds is 6. The molecule has 0 radical (unpaired) electrons. The molecule has 1 aliphatic carbocycles. The molecule has 0 spiro atoms. The minimum atomic E-state index is -3.78. The Morgan fingerprint density at radius 3 is 2.75 bits per heavy atom. The van der Waals surface area contributed by atoms with Crippen molar-refractivity contribution in [3.05, 3.63) is 44.8 Å². The van der Waals surface area contributed by atoms with Crippen molar-refractivity contribution in [2.75, 3.05) is 26.0 Å². The summed E-state index contributed by atoms with van der Waals surface area (Å²) in [6.07, 6.45) is 2.66. The Hall–Kier alpha value is -2.45. The molecule has 1 N–H and O–H groups in total. The number of carbonyl (C=O) groups excluding carboxylic acids is 2. The Bertz CT molecular complexity index is 1210. The zero-order valence-corrected chi connectivity index (χ0v) is 20.2. The van der Waals surface area contributed by atoms with Gasteiger partial charge in [0.1, 0.15) is 11.1 Å². The first-order valence-electron chi connectivity index (χ1n) is 9.78. The second-order valence-corrected chi connectivity index (χ2v) is 11.4. The van der Waals surface area contributed by atoms with Crippen LogP contribution in [0, 0.1) is 17.2 Å². The van der Waals surface area contributed by atoms with E-state index in [2.05, 4.69) is 18.3 Å². The van der Waals surface area contributed by atoms with Crippen molar-refractivity contribution >= 4 is 49.8 Å². The number of carbonyl (C=O) groups is 2. The molecule has 11 heteroatoms. The summed E-state index contributed by atoms with van der Waals surface area (Å²) in [6, 6.07) is 5.84. The zero-order valence-electron chi connectivity index (χ0n) is 17.8. The van der Waals surface area contributed by atoms with Crippen molar-refractivity contribution in [1.29, 1.82) is 5.26 Å². The van der Waals surface area contributed by atoms with Gasteiger partial charge in [0, 0.05) is 19.0 Å². The maximum Gasteiger partial charge on any atom is 0.340 e. The molecule has 1 aromatic carbocycles. The second-order valence-electron chi connectivity index (χ2n) is 7.72. The van der Waals surface area contributed by atoms with Crippen molar-refractivity contribution < 1.29 is 22.7 Å². The Labute approximate surface area is 195 Å². The van der Waals surface area contributed by atoms with Crippen molar-refractivity contribution in [2.24, 2.45) is 5.92 Å². The maximum absolute atomic E-state index is 12.4. The van der Waals surface area contributed by atoms with Crippen LogP contribution in [0.5, 0.6) is 0 Å². The summed E-state index contributed by atoms with van der Waals surface area (Å²) in [6.45, 7) is 1.54. The number of nitrogens with one attached hydrogen (secondary N) is 1. The summed E-state index contributed by atoms with van der Waals surface area (Å²) in [5.74, 6) is -1.01. The van der Waals surface area contributed by atoms with Gasteiger partial charge in [0.15, 0.2) is 6.61 Å². The number of hydrogen-bond donors (Lipinski definition) is 1. The highest BCUT2D eigenvalue weighted by atomic mass is 35.5. The number of fused-ring (bicyclic) bond motifs is 1. The van der Waals surface area contributed by atoms with Gasteiger partial charge in [-0.2, -0.15) is 5.26 Å². The lowest BCUT2D eigenvalue weighted by atomic mass is 9.89. The molecule has 0 aliphatic heterocycles. The molecule has 0 bridgehead atoms. The highest BCUT2D eigenvalue weighted by molar-refractivity contribution is 7.89. The third kappa shape index (κ3) is 4.96. The van der Waals surface area contributed by atoms with E-state index in [1.165, 1.54) is 37.6 Å². The summed E-state index contributed by atoms with van der Waals surface area (Å²) in [5, 5.41) is 12.6. The Morgan fingerprint density at radius 2 is 2.09 bits per heavy atom. The third-order valence-corrected chi connectivity index (χ3v) is 8.46. The summed E-state index contributed by atoms with van der Waals surface area (Å²) in [4.78, 5) is 25.8. The maximum atomic E-state index is 12.4. The molecule has 0 fully saturated rings. The molecule has 32 heavy (non-hydrogen) atoms. The van der Waals surface area contributed by atoms with Crippen molar-refractivity contribution in [2.45, 2.75) is 31.1 Å². The summed E-state index contributed by atoms with van der Waals surface area (Å²) in [7, 11) is -1.04. The summed E-state index contributed by atoms with van der Waals surface area (Å²) >= 11 is 7.40. The van der Waals surface area contributed by atoms with Gasteiger partial charge < -0.3 is 10.1 Å². The van der Waals surface area contributed by atoms with Crippen LogP contribution >= 0.6 is 22.9 Å². The van der Waals surface area contributed by atoms with Crippen LogP contribution in [0.15, 0.2) is 23.1 Å². The van der Waals surface area contributed by atoms with Gasteiger partial charge in [-0.15, -0.1) is 11.3 Å². The van der Waals surface area contributed by atoms with Gasteiger partial charge in [0.25, 0.3) is 5.91 Å². The van der Waals surface area contributed by atoms with E-state index in [1.54, 1.807) is 0 Å². The normalized spacial score (nSPS) is 15.7. The second kappa shape index (κ2) is 9.58. The SMILES string of the molecule is C[C@H]1CCc2c(sc(NC(=O)COC(=O)c3cc(S(=O)(=O)N(C)C)ccc3Cl)c2C#N)C1. The standard InChI is InChI=1S/C21H22ClN3O5S2/c1-12-4-6-14-16(10-23)20(31-18(14)8-12)24-19(26)11-30-21(27)15-9-13(5-7-17(15)22)32(28,29)25(2)3/h5,7,9,12H,4,6,8,11H2,1-3H3,(H,24,26)/t12-/m0/s1. The van der Waals surface area contributed by atoms with Gasteiger partial charge in [-0.1, -0.05) is 18.5 Å². The molecule has 1 amide bonds. The number of thiophene rings is 1. The van der Waals surface area contributed by atoms with Gasteiger partial charge in [0.05, 0.1) is 21.0 Å². The van der Waals surface area contributed by atoms with Crippen molar-refractivity contribution in [1.82, 2.24) is 4.31 Å². The molecule has 2 aromatic rings. The van der Waals surface area contributed by atoms with E-state index in [1.807, 2.05) is 0 Å². The Balaban J connectivity index is 1.70. The van der Waals surface area contributed by atoms with Crippen LogP contribution < -0.4 is 5.32 Å². The molecular formula is C21H22ClN3O5S2. The van der Waals surface area contributed by atoms with E-state index < -0.39 is 28.5 Å². The van der Waals surface area contributed by atoms with Gasteiger partial charge in [-0.3, -0.25) is 4.79 Å². The highest BCUT2D eigenvalue weighted by Crippen LogP contribution is 2.39. The Kier molecular flexibility index (Phi) is 7.25. The minimum Gasteiger partial charge on any atom is -0.452 e. The number of benzene rings is 1. The van der Waals surface area contributed by atoms with Gasteiger partial charge in [-0.25, -0.2) is 17.5 Å². The van der Waals surface area contributed by atoms with Crippen LogP contribution in [0.2, 0.25) is 5.02 Å². The number of nitrogens with zero attached hydrogens (tertiary/aromatic N) is 2. The quantitative estimate of drug-likeness (QED) is 0.613. The topological polar surface area (TPSA) is 117 Å². The molecule has 1 aliphatic rings.